The molecular formula is C17H29ClN2O. The maximum absolute atomic E-state index is 12.7. The molecule has 0 fully saturated rings. The summed E-state index contributed by atoms with van der Waals surface area (Å²) in [6.45, 7) is 7.31. The van der Waals surface area contributed by atoms with E-state index in [9.17, 15) is 4.79 Å². The summed E-state index contributed by atoms with van der Waals surface area (Å²) in [5.41, 5.74) is 7.13. The molecule has 0 aromatic heterocycles. The van der Waals surface area contributed by atoms with Crippen LogP contribution < -0.4 is 5.73 Å². The van der Waals surface area contributed by atoms with Crippen molar-refractivity contribution in [1.82, 2.24) is 4.90 Å². The Morgan fingerprint density at radius 2 is 1.95 bits per heavy atom. The SMILES string of the molecule is CCCCCN(C(=O)c1cccc(N)c1)C(C)CCC.Cl. The normalized spacial score (nSPS) is 11.6. The topological polar surface area (TPSA) is 46.3 Å². The third-order valence-corrected chi connectivity index (χ3v) is 3.64. The van der Waals surface area contributed by atoms with Crippen LogP contribution in [0.15, 0.2) is 24.3 Å². The standard InChI is InChI=1S/C17H28N2O.ClH/c1-4-6-7-12-19(14(3)9-5-2)17(20)15-10-8-11-16(18)13-15;/h8,10-11,13-14H,4-7,9,12,18H2,1-3H3;1H. The van der Waals surface area contributed by atoms with Crippen molar-refractivity contribution in [2.45, 2.75) is 58.9 Å². The largest absolute Gasteiger partial charge is 0.399 e. The molecule has 1 aromatic rings. The second kappa shape index (κ2) is 10.5. The van der Waals surface area contributed by atoms with E-state index in [1.165, 1.54) is 12.8 Å². The summed E-state index contributed by atoms with van der Waals surface area (Å²) in [7, 11) is 0. The lowest BCUT2D eigenvalue weighted by Gasteiger charge is -2.29. The Bertz CT molecular complexity index is 423. The average molecular weight is 313 g/mol. The highest BCUT2D eigenvalue weighted by atomic mass is 35.5. The van der Waals surface area contributed by atoms with Crippen LogP contribution in [-0.2, 0) is 0 Å². The first-order chi connectivity index (χ1) is 9.60. The smallest absolute Gasteiger partial charge is 0.254 e. The van der Waals surface area contributed by atoms with Crippen LogP contribution in [0, 0.1) is 0 Å². The van der Waals surface area contributed by atoms with E-state index in [4.69, 9.17) is 5.73 Å². The van der Waals surface area contributed by atoms with Gasteiger partial charge in [0, 0.05) is 23.8 Å². The molecule has 2 N–H and O–H groups in total. The van der Waals surface area contributed by atoms with Crippen molar-refractivity contribution in [2.75, 3.05) is 12.3 Å². The molecule has 4 heteroatoms. The zero-order chi connectivity index (χ0) is 15.0. The number of amides is 1. The van der Waals surface area contributed by atoms with Crippen LogP contribution in [0.3, 0.4) is 0 Å². The number of halogens is 1. The van der Waals surface area contributed by atoms with Crippen molar-refractivity contribution >= 4 is 24.0 Å². The van der Waals surface area contributed by atoms with Gasteiger partial charge in [-0.1, -0.05) is 39.2 Å². The number of anilines is 1. The summed E-state index contributed by atoms with van der Waals surface area (Å²) >= 11 is 0. The van der Waals surface area contributed by atoms with Crippen molar-refractivity contribution in [1.29, 1.82) is 0 Å². The molecule has 0 spiro atoms. The Hall–Kier alpha value is -1.22. The molecule has 0 saturated carbocycles. The number of hydrogen-bond donors (Lipinski definition) is 1. The quantitative estimate of drug-likeness (QED) is 0.567. The molecule has 1 atom stereocenters. The predicted molar refractivity (Wildman–Crippen MR) is 93.0 cm³/mol. The van der Waals surface area contributed by atoms with Gasteiger partial charge in [0.15, 0.2) is 0 Å². The van der Waals surface area contributed by atoms with Crippen LogP contribution in [0.25, 0.3) is 0 Å². The van der Waals surface area contributed by atoms with Gasteiger partial charge in [-0.25, -0.2) is 0 Å². The van der Waals surface area contributed by atoms with Gasteiger partial charge in [-0.3, -0.25) is 4.79 Å². The number of carbonyl (C=O) groups excluding carboxylic acids is 1. The van der Waals surface area contributed by atoms with Crippen LogP contribution in [0.4, 0.5) is 5.69 Å². The summed E-state index contributed by atoms with van der Waals surface area (Å²) in [6.07, 6.45) is 5.54. The monoisotopic (exact) mass is 312 g/mol. The highest BCUT2D eigenvalue weighted by Gasteiger charge is 2.20. The van der Waals surface area contributed by atoms with Gasteiger partial charge in [0.25, 0.3) is 5.91 Å². The number of nitrogens with two attached hydrogens (primary N) is 1. The van der Waals surface area contributed by atoms with E-state index in [0.29, 0.717) is 11.3 Å². The van der Waals surface area contributed by atoms with E-state index in [1.807, 2.05) is 23.1 Å². The number of unbranched alkanes of at least 4 members (excludes halogenated alkanes) is 2. The molecule has 1 rings (SSSR count). The highest BCUT2D eigenvalue weighted by molar-refractivity contribution is 5.95. The maximum Gasteiger partial charge on any atom is 0.254 e. The maximum atomic E-state index is 12.7. The Balaban J connectivity index is 0.00000400. The Labute approximate surface area is 135 Å². The molecule has 1 amide bonds. The first-order valence-electron chi connectivity index (χ1n) is 7.76. The number of nitrogens with zero attached hydrogens (tertiary/aromatic N) is 1. The van der Waals surface area contributed by atoms with E-state index in [0.717, 1.165) is 25.8 Å². The zero-order valence-corrected chi connectivity index (χ0v) is 14.3. The van der Waals surface area contributed by atoms with Crippen LogP contribution in [0.5, 0.6) is 0 Å². The number of carbonyl (C=O) groups is 1. The molecule has 0 aliphatic heterocycles. The van der Waals surface area contributed by atoms with Crippen LogP contribution in [0.1, 0.15) is 63.2 Å². The molecule has 0 saturated heterocycles. The molecule has 0 radical (unpaired) electrons. The molecule has 1 aromatic carbocycles. The van der Waals surface area contributed by atoms with Crippen molar-refractivity contribution in [3.05, 3.63) is 29.8 Å². The first-order valence-corrected chi connectivity index (χ1v) is 7.76. The zero-order valence-electron chi connectivity index (χ0n) is 13.5. The highest BCUT2D eigenvalue weighted by Crippen LogP contribution is 2.15. The lowest BCUT2D eigenvalue weighted by atomic mass is 10.1. The van der Waals surface area contributed by atoms with Crippen molar-refractivity contribution in [3.63, 3.8) is 0 Å². The van der Waals surface area contributed by atoms with Gasteiger partial charge in [-0.2, -0.15) is 0 Å². The van der Waals surface area contributed by atoms with Crippen LogP contribution in [-0.4, -0.2) is 23.4 Å². The summed E-state index contributed by atoms with van der Waals surface area (Å²) in [5, 5.41) is 0. The second-order valence-electron chi connectivity index (χ2n) is 5.47. The third-order valence-electron chi connectivity index (χ3n) is 3.64. The Kier molecular flexibility index (Phi) is 9.89. The molecule has 1 unspecified atom stereocenters. The van der Waals surface area contributed by atoms with Crippen molar-refractivity contribution in [2.24, 2.45) is 0 Å². The minimum Gasteiger partial charge on any atom is -0.399 e. The number of benzene rings is 1. The molecule has 3 nitrogen and oxygen atoms in total. The van der Waals surface area contributed by atoms with Gasteiger partial charge < -0.3 is 10.6 Å². The minimum atomic E-state index is 0. The van der Waals surface area contributed by atoms with Gasteiger partial charge in [0.2, 0.25) is 0 Å². The number of nitrogen functional groups attached to an aromatic ring is 1. The molecule has 120 valence electrons. The first kappa shape index (κ1) is 19.8. The summed E-state index contributed by atoms with van der Waals surface area (Å²) in [5.74, 6) is 0.106. The van der Waals surface area contributed by atoms with E-state index < -0.39 is 0 Å². The van der Waals surface area contributed by atoms with Crippen molar-refractivity contribution in [3.8, 4) is 0 Å². The third kappa shape index (κ3) is 6.38. The lowest BCUT2D eigenvalue weighted by Crippen LogP contribution is -2.39. The average Bonchev–Trinajstić information content (AvgIpc) is 2.43. The van der Waals surface area contributed by atoms with Gasteiger partial charge in [0.1, 0.15) is 0 Å². The minimum absolute atomic E-state index is 0. The molecule has 0 bridgehead atoms. The van der Waals surface area contributed by atoms with E-state index in [-0.39, 0.29) is 24.4 Å². The lowest BCUT2D eigenvalue weighted by molar-refractivity contribution is 0.0679. The van der Waals surface area contributed by atoms with E-state index in [1.54, 1.807) is 6.07 Å². The van der Waals surface area contributed by atoms with Crippen LogP contribution >= 0.6 is 12.4 Å². The van der Waals surface area contributed by atoms with Gasteiger partial charge in [-0.15, -0.1) is 12.4 Å². The van der Waals surface area contributed by atoms with Crippen molar-refractivity contribution < 1.29 is 4.79 Å². The number of hydrogen-bond acceptors (Lipinski definition) is 2. The van der Waals surface area contributed by atoms with E-state index >= 15 is 0 Å². The van der Waals surface area contributed by atoms with E-state index in [2.05, 4.69) is 20.8 Å². The summed E-state index contributed by atoms with van der Waals surface area (Å²) in [4.78, 5) is 14.7. The number of rotatable bonds is 8. The Morgan fingerprint density at radius 1 is 1.24 bits per heavy atom. The predicted octanol–water partition coefficient (Wildman–Crippen LogP) is 4.51. The second-order valence-corrected chi connectivity index (χ2v) is 5.47. The van der Waals surface area contributed by atoms with Crippen LogP contribution in [0.2, 0.25) is 0 Å². The fraction of sp³-hybridized carbons (Fsp3) is 0.588. The summed E-state index contributed by atoms with van der Waals surface area (Å²) in [6, 6.07) is 7.56. The molecule has 21 heavy (non-hydrogen) atoms. The van der Waals surface area contributed by atoms with Gasteiger partial charge in [0.05, 0.1) is 0 Å². The summed E-state index contributed by atoms with van der Waals surface area (Å²) < 4.78 is 0. The Morgan fingerprint density at radius 3 is 2.52 bits per heavy atom. The molecule has 0 aliphatic carbocycles. The molecule has 0 heterocycles. The fourth-order valence-electron chi connectivity index (χ4n) is 2.47. The van der Waals surface area contributed by atoms with Gasteiger partial charge >= 0.3 is 0 Å². The molecule has 0 aliphatic rings. The molecular weight excluding hydrogens is 284 g/mol. The van der Waals surface area contributed by atoms with Gasteiger partial charge in [-0.05, 0) is 38.0 Å². The fourth-order valence-corrected chi connectivity index (χ4v) is 2.47.